The summed E-state index contributed by atoms with van der Waals surface area (Å²) in [4.78, 5) is 0. The highest BCUT2D eigenvalue weighted by Gasteiger charge is 2.47. The van der Waals surface area contributed by atoms with E-state index in [0.717, 1.165) is 11.6 Å². The highest BCUT2D eigenvalue weighted by Crippen LogP contribution is 2.66. The Kier molecular flexibility index (Phi) is 1.60. The fourth-order valence-corrected chi connectivity index (χ4v) is 5.20. The predicted molar refractivity (Wildman–Crippen MR) is 58.6 cm³/mol. The zero-order valence-corrected chi connectivity index (χ0v) is 8.67. The van der Waals surface area contributed by atoms with Crippen molar-refractivity contribution >= 4 is 13.2 Å². The third kappa shape index (κ3) is 1.16. The summed E-state index contributed by atoms with van der Waals surface area (Å²) in [5.74, 6) is 3.50. The summed E-state index contributed by atoms with van der Waals surface area (Å²) in [6.45, 7) is 2.30. The van der Waals surface area contributed by atoms with E-state index in [9.17, 15) is 0 Å². The van der Waals surface area contributed by atoms with Gasteiger partial charge in [0.2, 0.25) is 0 Å². The van der Waals surface area contributed by atoms with Crippen LogP contribution in [0.4, 0.5) is 0 Å². The van der Waals surface area contributed by atoms with Crippen LogP contribution in [-0.2, 0) is 0 Å². The Morgan fingerprint density at radius 2 is 2.00 bits per heavy atom. The van der Waals surface area contributed by atoms with Gasteiger partial charge in [-0.3, -0.25) is 0 Å². The van der Waals surface area contributed by atoms with Crippen molar-refractivity contribution in [2.75, 3.05) is 0 Å². The normalized spacial score (nSPS) is 35.5. The van der Waals surface area contributed by atoms with Crippen LogP contribution in [-0.4, -0.2) is 5.66 Å². The third-order valence-electron chi connectivity index (χ3n) is 3.10. The lowest BCUT2D eigenvalue weighted by Gasteiger charge is -2.09. The summed E-state index contributed by atoms with van der Waals surface area (Å²) in [6.07, 6.45) is 1.46. The minimum atomic E-state index is 0.0712. The Morgan fingerprint density at radius 1 is 1.23 bits per heavy atom. The number of rotatable bonds is 1. The van der Waals surface area contributed by atoms with Crippen molar-refractivity contribution in [3.8, 4) is 0 Å². The monoisotopic (exact) mass is 188 g/mol. The molecule has 0 amide bonds. The van der Waals surface area contributed by atoms with Gasteiger partial charge in [-0.15, -0.1) is 0 Å². The van der Waals surface area contributed by atoms with E-state index in [1.54, 1.807) is 10.9 Å². The first kappa shape index (κ1) is 7.76. The van der Waals surface area contributed by atoms with E-state index >= 15 is 0 Å². The van der Waals surface area contributed by atoms with E-state index < -0.39 is 0 Å². The maximum Gasteiger partial charge on any atom is -0.00625 e. The van der Waals surface area contributed by atoms with Crippen LogP contribution in [0.25, 0.3) is 0 Å². The highest BCUT2D eigenvalue weighted by atomic mass is 31.1. The van der Waals surface area contributed by atoms with Crippen molar-refractivity contribution < 1.29 is 0 Å². The molecule has 2 aliphatic rings. The Morgan fingerprint density at radius 3 is 2.54 bits per heavy atom. The van der Waals surface area contributed by atoms with Crippen molar-refractivity contribution in [2.24, 2.45) is 5.92 Å². The number of benzene rings is 1. The van der Waals surface area contributed by atoms with E-state index in [4.69, 9.17) is 0 Å². The smallest absolute Gasteiger partial charge is 0.00625 e. The number of fused-ring (bicyclic) bond motifs is 1. The van der Waals surface area contributed by atoms with Gasteiger partial charge in [-0.1, -0.05) is 41.7 Å². The lowest BCUT2D eigenvalue weighted by molar-refractivity contribution is 1.03. The molecule has 0 aromatic heterocycles. The predicted octanol–water partition coefficient (Wildman–Crippen LogP) is 3.10. The maximum atomic E-state index is 2.53. The first-order valence-corrected chi connectivity index (χ1v) is 6.36. The Balaban J connectivity index is 1.96. The van der Waals surface area contributed by atoms with Gasteiger partial charge in [-0.2, -0.15) is 0 Å². The van der Waals surface area contributed by atoms with Crippen LogP contribution >= 0.6 is 7.92 Å². The zero-order valence-electron chi connectivity index (χ0n) is 7.77. The zero-order chi connectivity index (χ0) is 8.84. The van der Waals surface area contributed by atoms with Gasteiger partial charge in [-0.05, 0) is 38.1 Å². The van der Waals surface area contributed by atoms with Crippen LogP contribution < -0.4 is 5.30 Å². The fourth-order valence-electron chi connectivity index (χ4n) is 2.26. The molecule has 1 fully saturated rings. The van der Waals surface area contributed by atoms with Crippen LogP contribution in [0.3, 0.4) is 0 Å². The van der Waals surface area contributed by atoms with Gasteiger partial charge >= 0.3 is 0 Å². The standard InChI is InChI=1S/C12H13P/c1-9-8-13(12-7-11(9)12)10-5-3-2-4-6-10/h2-6,8,11-12H,7H2,1H3/t11-,12-,13+/m1/s1. The molecule has 0 radical (unpaired) electrons. The molecule has 1 heterocycles. The minimum Gasteiger partial charge on any atom is -0.0687 e. The Hall–Kier alpha value is -0.610. The number of allylic oxidation sites excluding steroid dienone is 1. The summed E-state index contributed by atoms with van der Waals surface area (Å²) in [6, 6.07) is 11.0. The van der Waals surface area contributed by atoms with Crippen LogP contribution in [0.2, 0.25) is 0 Å². The topological polar surface area (TPSA) is 0 Å². The molecule has 66 valence electrons. The van der Waals surface area contributed by atoms with Crippen LogP contribution in [0.5, 0.6) is 0 Å². The van der Waals surface area contributed by atoms with Gasteiger partial charge in [0.15, 0.2) is 0 Å². The van der Waals surface area contributed by atoms with Gasteiger partial charge < -0.3 is 0 Å². The van der Waals surface area contributed by atoms with E-state index in [1.807, 2.05) is 0 Å². The lowest BCUT2D eigenvalue weighted by atomic mass is 10.2. The molecule has 0 unspecified atom stereocenters. The third-order valence-corrected chi connectivity index (χ3v) is 5.96. The second-order valence-electron chi connectivity index (χ2n) is 4.03. The van der Waals surface area contributed by atoms with Crippen LogP contribution in [0.1, 0.15) is 13.3 Å². The summed E-state index contributed by atoms with van der Waals surface area (Å²) < 4.78 is 0. The molecule has 1 aromatic rings. The molecule has 3 atom stereocenters. The van der Waals surface area contributed by atoms with Crippen molar-refractivity contribution in [1.82, 2.24) is 0 Å². The van der Waals surface area contributed by atoms with Gasteiger partial charge in [0.05, 0.1) is 0 Å². The lowest BCUT2D eigenvalue weighted by Crippen LogP contribution is -1.99. The van der Waals surface area contributed by atoms with E-state index in [2.05, 4.69) is 43.1 Å². The Bertz CT molecular complexity index is 353. The molecule has 0 bridgehead atoms. The van der Waals surface area contributed by atoms with Gasteiger partial charge in [0.1, 0.15) is 0 Å². The molecule has 0 saturated heterocycles. The fraction of sp³-hybridized carbons (Fsp3) is 0.333. The number of hydrogen-bond donors (Lipinski definition) is 0. The molecule has 1 aliphatic carbocycles. The summed E-state index contributed by atoms with van der Waals surface area (Å²) in [5.41, 5.74) is 2.66. The van der Waals surface area contributed by atoms with Crippen molar-refractivity contribution in [2.45, 2.75) is 19.0 Å². The average molecular weight is 188 g/mol. The quantitative estimate of drug-likeness (QED) is 0.594. The first-order chi connectivity index (χ1) is 6.36. The molecular weight excluding hydrogens is 175 g/mol. The molecule has 13 heavy (non-hydrogen) atoms. The van der Waals surface area contributed by atoms with E-state index in [1.165, 1.54) is 6.42 Å². The molecule has 1 aliphatic heterocycles. The summed E-state index contributed by atoms with van der Waals surface area (Å²) in [5, 5.41) is 1.57. The molecular formula is C12H13P. The SMILES string of the molecule is CC1=C[P@@](c2ccccc2)[C@@H]2C[C@H]12. The molecule has 0 nitrogen and oxygen atoms in total. The Labute approximate surface area is 80.4 Å². The molecule has 0 spiro atoms. The second kappa shape index (κ2) is 2.69. The summed E-state index contributed by atoms with van der Waals surface area (Å²) in [7, 11) is 0.0712. The first-order valence-electron chi connectivity index (χ1n) is 4.88. The average Bonchev–Trinajstić information content (AvgIpc) is 2.89. The minimum absolute atomic E-state index is 0.0712. The van der Waals surface area contributed by atoms with Crippen molar-refractivity contribution in [3.63, 3.8) is 0 Å². The van der Waals surface area contributed by atoms with E-state index in [0.29, 0.717) is 0 Å². The van der Waals surface area contributed by atoms with Crippen LogP contribution in [0, 0.1) is 5.92 Å². The van der Waals surface area contributed by atoms with Gasteiger partial charge in [0, 0.05) is 0 Å². The van der Waals surface area contributed by atoms with E-state index in [-0.39, 0.29) is 7.92 Å². The van der Waals surface area contributed by atoms with Crippen molar-refractivity contribution in [3.05, 3.63) is 41.7 Å². The molecule has 1 saturated carbocycles. The molecule has 0 N–H and O–H groups in total. The van der Waals surface area contributed by atoms with Crippen LogP contribution in [0.15, 0.2) is 41.7 Å². The highest BCUT2D eigenvalue weighted by molar-refractivity contribution is 7.70. The molecule has 3 rings (SSSR count). The molecule has 1 aromatic carbocycles. The van der Waals surface area contributed by atoms with Gasteiger partial charge in [0.25, 0.3) is 0 Å². The maximum absolute atomic E-state index is 2.53. The largest absolute Gasteiger partial charge is 0.0687 e. The van der Waals surface area contributed by atoms with Crippen molar-refractivity contribution in [1.29, 1.82) is 0 Å². The van der Waals surface area contributed by atoms with Gasteiger partial charge in [-0.25, -0.2) is 0 Å². The second-order valence-corrected chi connectivity index (χ2v) is 6.28. The molecule has 1 heteroatoms. The number of hydrogen-bond acceptors (Lipinski definition) is 0. The summed E-state index contributed by atoms with van der Waals surface area (Å²) >= 11 is 0.